The molecular formula is C19H19Cl2N3O2. The zero-order valence-corrected chi connectivity index (χ0v) is 15.8. The Morgan fingerprint density at radius 1 is 1.12 bits per heavy atom. The van der Waals surface area contributed by atoms with Crippen molar-refractivity contribution in [1.29, 1.82) is 0 Å². The fourth-order valence-corrected chi connectivity index (χ4v) is 3.57. The van der Waals surface area contributed by atoms with Crippen LogP contribution in [0.5, 0.6) is 0 Å². The van der Waals surface area contributed by atoms with Crippen molar-refractivity contribution in [3.63, 3.8) is 0 Å². The van der Waals surface area contributed by atoms with Gasteiger partial charge in [0.1, 0.15) is 6.04 Å². The van der Waals surface area contributed by atoms with Gasteiger partial charge in [-0.2, -0.15) is 0 Å². The van der Waals surface area contributed by atoms with Crippen molar-refractivity contribution in [3.05, 3.63) is 58.6 Å². The Kier molecular flexibility index (Phi) is 5.69. The van der Waals surface area contributed by atoms with Gasteiger partial charge in [-0.1, -0.05) is 41.4 Å². The molecular weight excluding hydrogens is 373 g/mol. The lowest BCUT2D eigenvalue weighted by Crippen LogP contribution is -2.48. The maximum Gasteiger partial charge on any atom is 0.324 e. The molecule has 2 aromatic carbocycles. The van der Waals surface area contributed by atoms with Crippen molar-refractivity contribution in [2.24, 2.45) is 0 Å². The van der Waals surface area contributed by atoms with Crippen molar-refractivity contribution in [2.45, 2.75) is 18.9 Å². The molecule has 26 heavy (non-hydrogen) atoms. The minimum atomic E-state index is -0.500. The van der Waals surface area contributed by atoms with Crippen LogP contribution < -0.4 is 10.2 Å². The first-order valence-electron chi connectivity index (χ1n) is 8.32. The zero-order valence-electron chi connectivity index (χ0n) is 14.3. The molecule has 0 bridgehead atoms. The molecule has 1 N–H and O–H groups in total. The van der Waals surface area contributed by atoms with Crippen molar-refractivity contribution in [3.8, 4) is 0 Å². The summed E-state index contributed by atoms with van der Waals surface area (Å²) in [4.78, 5) is 28.6. The van der Waals surface area contributed by atoms with Gasteiger partial charge in [-0.25, -0.2) is 4.79 Å². The summed E-state index contributed by atoms with van der Waals surface area (Å²) in [6.45, 7) is 0.532. The quantitative estimate of drug-likeness (QED) is 0.827. The van der Waals surface area contributed by atoms with Crippen LogP contribution in [0.3, 0.4) is 0 Å². The maximum absolute atomic E-state index is 12.9. The van der Waals surface area contributed by atoms with Crippen molar-refractivity contribution in [2.75, 3.05) is 23.8 Å². The third-order valence-corrected chi connectivity index (χ3v) is 4.80. The number of nitrogens with one attached hydrogen (secondary N) is 1. The highest BCUT2D eigenvalue weighted by molar-refractivity contribution is 6.35. The summed E-state index contributed by atoms with van der Waals surface area (Å²) in [5, 5.41) is 3.77. The second kappa shape index (κ2) is 7.98. The first-order chi connectivity index (χ1) is 12.5. The van der Waals surface area contributed by atoms with Crippen LogP contribution in [0.1, 0.15) is 12.8 Å². The number of hydrogen-bond acceptors (Lipinski definition) is 2. The number of halogens is 2. The predicted octanol–water partition coefficient (Wildman–Crippen LogP) is 4.65. The molecule has 0 spiro atoms. The Hall–Kier alpha value is -2.24. The minimum absolute atomic E-state index is 0.181. The minimum Gasteiger partial charge on any atom is -0.324 e. The number of carbonyl (C=O) groups excluding carboxylic acids is 2. The van der Waals surface area contributed by atoms with Crippen LogP contribution in [0, 0.1) is 0 Å². The van der Waals surface area contributed by atoms with E-state index in [0.29, 0.717) is 34.4 Å². The molecule has 5 nitrogen and oxygen atoms in total. The van der Waals surface area contributed by atoms with Crippen LogP contribution in [0.25, 0.3) is 0 Å². The van der Waals surface area contributed by atoms with Crippen LogP contribution in [0.15, 0.2) is 48.5 Å². The van der Waals surface area contributed by atoms with E-state index in [-0.39, 0.29) is 11.9 Å². The summed E-state index contributed by atoms with van der Waals surface area (Å²) in [5.41, 5.74) is 1.30. The number of carbonyl (C=O) groups is 2. The third-order valence-electron chi connectivity index (χ3n) is 4.36. The number of hydrogen-bond donors (Lipinski definition) is 1. The Bertz CT molecular complexity index is 793. The molecule has 1 fully saturated rings. The lowest BCUT2D eigenvalue weighted by Gasteiger charge is -2.29. The van der Waals surface area contributed by atoms with Crippen molar-refractivity contribution >= 4 is 46.5 Å². The van der Waals surface area contributed by atoms with E-state index >= 15 is 0 Å². The summed E-state index contributed by atoms with van der Waals surface area (Å²) in [6.07, 6.45) is 1.41. The van der Waals surface area contributed by atoms with Gasteiger partial charge in [0.2, 0.25) is 5.91 Å². The van der Waals surface area contributed by atoms with Crippen molar-refractivity contribution in [1.82, 2.24) is 4.90 Å². The molecule has 1 heterocycles. The molecule has 0 saturated carbocycles. The predicted molar refractivity (Wildman–Crippen MR) is 105 cm³/mol. The summed E-state index contributed by atoms with van der Waals surface area (Å²) < 4.78 is 0. The first kappa shape index (κ1) is 18.5. The van der Waals surface area contributed by atoms with Gasteiger partial charge < -0.3 is 10.2 Å². The zero-order chi connectivity index (χ0) is 18.7. The SMILES string of the molecule is CN(C(=O)N1CCC[C@@H]1C(=O)Nc1ccccc1)c1cc(Cl)cc(Cl)c1. The van der Waals surface area contributed by atoms with Gasteiger partial charge in [0, 0.05) is 35.0 Å². The molecule has 7 heteroatoms. The van der Waals surface area contributed by atoms with Crippen LogP contribution in [-0.4, -0.2) is 36.5 Å². The van der Waals surface area contributed by atoms with E-state index < -0.39 is 6.04 Å². The van der Waals surface area contributed by atoms with E-state index in [1.165, 1.54) is 4.90 Å². The van der Waals surface area contributed by atoms with Gasteiger partial charge in [-0.05, 0) is 43.2 Å². The Labute approximate surface area is 162 Å². The summed E-state index contributed by atoms with van der Waals surface area (Å²) in [5.74, 6) is -0.181. The molecule has 1 aliphatic heterocycles. The van der Waals surface area contributed by atoms with Gasteiger partial charge in [-0.15, -0.1) is 0 Å². The fourth-order valence-electron chi connectivity index (χ4n) is 3.05. The molecule has 1 atom stereocenters. The number of anilines is 2. The van der Waals surface area contributed by atoms with Crippen LogP contribution in [-0.2, 0) is 4.79 Å². The largest absolute Gasteiger partial charge is 0.324 e. The highest BCUT2D eigenvalue weighted by atomic mass is 35.5. The maximum atomic E-state index is 12.9. The second-order valence-corrected chi connectivity index (χ2v) is 7.05. The van der Waals surface area contributed by atoms with Gasteiger partial charge in [-0.3, -0.25) is 9.69 Å². The highest BCUT2D eigenvalue weighted by Crippen LogP contribution is 2.27. The Morgan fingerprint density at radius 2 is 1.77 bits per heavy atom. The van der Waals surface area contributed by atoms with Crippen LogP contribution in [0.2, 0.25) is 10.0 Å². The number of nitrogens with zero attached hydrogens (tertiary/aromatic N) is 2. The number of likely N-dealkylation sites (tertiary alicyclic amines) is 1. The summed E-state index contributed by atoms with van der Waals surface area (Å²) in [7, 11) is 1.65. The molecule has 1 saturated heterocycles. The lowest BCUT2D eigenvalue weighted by molar-refractivity contribution is -0.119. The first-order valence-corrected chi connectivity index (χ1v) is 9.07. The molecule has 0 radical (unpaired) electrons. The number of benzene rings is 2. The lowest BCUT2D eigenvalue weighted by atomic mass is 10.2. The third kappa shape index (κ3) is 4.11. The fraction of sp³-hybridized carbons (Fsp3) is 0.263. The van der Waals surface area contributed by atoms with E-state index in [9.17, 15) is 9.59 Å². The molecule has 3 rings (SSSR count). The van der Waals surface area contributed by atoms with Gasteiger partial charge in [0.05, 0.1) is 0 Å². The van der Waals surface area contributed by atoms with E-state index in [1.807, 2.05) is 30.3 Å². The molecule has 0 unspecified atom stereocenters. The number of rotatable bonds is 3. The average Bonchev–Trinajstić information content (AvgIpc) is 3.10. The molecule has 3 amide bonds. The Balaban J connectivity index is 1.74. The van der Waals surface area contributed by atoms with E-state index in [1.54, 1.807) is 30.1 Å². The van der Waals surface area contributed by atoms with Crippen molar-refractivity contribution < 1.29 is 9.59 Å². The number of amides is 3. The van der Waals surface area contributed by atoms with Crippen LogP contribution >= 0.6 is 23.2 Å². The number of para-hydroxylation sites is 1. The van der Waals surface area contributed by atoms with Gasteiger partial charge >= 0.3 is 6.03 Å². The molecule has 0 aromatic heterocycles. The van der Waals surface area contributed by atoms with E-state index in [0.717, 1.165) is 6.42 Å². The topological polar surface area (TPSA) is 52.7 Å². The summed E-state index contributed by atoms with van der Waals surface area (Å²) >= 11 is 12.1. The van der Waals surface area contributed by atoms with Gasteiger partial charge in [0.15, 0.2) is 0 Å². The normalized spacial score (nSPS) is 16.4. The monoisotopic (exact) mass is 391 g/mol. The van der Waals surface area contributed by atoms with Crippen LogP contribution in [0.4, 0.5) is 16.2 Å². The summed E-state index contributed by atoms with van der Waals surface area (Å²) in [6, 6.07) is 13.4. The molecule has 1 aliphatic rings. The number of urea groups is 1. The average molecular weight is 392 g/mol. The highest BCUT2D eigenvalue weighted by Gasteiger charge is 2.36. The van der Waals surface area contributed by atoms with E-state index in [2.05, 4.69) is 5.32 Å². The molecule has 136 valence electrons. The Morgan fingerprint density at radius 3 is 2.42 bits per heavy atom. The molecule has 0 aliphatic carbocycles. The smallest absolute Gasteiger partial charge is 0.324 e. The van der Waals surface area contributed by atoms with Gasteiger partial charge in [0.25, 0.3) is 0 Å². The second-order valence-electron chi connectivity index (χ2n) is 6.18. The molecule has 2 aromatic rings. The van der Waals surface area contributed by atoms with E-state index in [4.69, 9.17) is 23.2 Å². The standard InChI is InChI=1S/C19H19Cl2N3O2/c1-23(16-11-13(20)10-14(21)12-16)19(26)24-9-5-8-17(24)18(25)22-15-6-3-2-4-7-15/h2-4,6-7,10-12,17H,5,8-9H2,1H3,(H,22,25)/t17-/m1/s1.